The van der Waals surface area contributed by atoms with Gasteiger partial charge in [-0.1, -0.05) is 17.7 Å². The summed E-state index contributed by atoms with van der Waals surface area (Å²) in [5.41, 5.74) is 2.07. The Hall–Kier alpha value is -2.67. The van der Waals surface area contributed by atoms with E-state index >= 15 is 0 Å². The minimum Gasteiger partial charge on any atom is -0.342 e. The second-order valence-corrected chi connectivity index (χ2v) is 6.56. The van der Waals surface area contributed by atoms with Gasteiger partial charge in [0, 0.05) is 43.0 Å². The van der Waals surface area contributed by atoms with E-state index in [9.17, 15) is 9.59 Å². The van der Waals surface area contributed by atoms with Crippen LogP contribution in [0.5, 0.6) is 0 Å². The number of benzene rings is 1. The molecule has 8 heteroatoms. The first-order chi connectivity index (χ1) is 12.5. The molecule has 0 bridgehead atoms. The molecule has 1 saturated heterocycles. The number of anilines is 2. The Labute approximate surface area is 157 Å². The van der Waals surface area contributed by atoms with Crippen LogP contribution in [0, 0.1) is 13.8 Å². The molecule has 2 heterocycles. The lowest BCUT2D eigenvalue weighted by Gasteiger charge is -2.32. The van der Waals surface area contributed by atoms with E-state index in [2.05, 4.69) is 15.3 Å². The fourth-order valence-corrected chi connectivity index (χ4v) is 2.99. The van der Waals surface area contributed by atoms with E-state index < -0.39 is 0 Å². The van der Waals surface area contributed by atoms with Crippen molar-refractivity contribution in [1.29, 1.82) is 0 Å². The average molecular weight is 374 g/mol. The SMILES string of the molecule is Cc1nc(Nc2cccc(Cl)c2C)cc(C(=O)N2CCN(C=O)CC2)n1. The lowest BCUT2D eigenvalue weighted by atomic mass is 10.2. The highest BCUT2D eigenvalue weighted by molar-refractivity contribution is 6.31. The average Bonchev–Trinajstić information content (AvgIpc) is 2.64. The zero-order valence-electron chi connectivity index (χ0n) is 14.7. The second-order valence-electron chi connectivity index (χ2n) is 6.16. The molecule has 1 aliphatic heterocycles. The van der Waals surface area contributed by atoms with Crippen molar-refractivity contribution in [2.24, 2.45) is 0 Å². The van der Waals surface area contributed by atoms with Gasteiger partial charge in [0.1, 0.15) is 17.3 Å². The number of hydrogen-bond acceptors (Lipinski definition) is 5. The van der Waals surface area contributed by atoms with Gasteiger partial charge in [-0.3, -0.25) is 9.59 Å². The number of hydrogen-bond donors (Lipinski definition) is 1. The molecule has 136 valence electrons. The van der Waals surface area contributed by atoms with Crippen molar-refractivity contribution >= 4 is 35.4 Å². The molecule has 0 aliphatic carbocycles. The van der Waals surface area contributed by atoms with Crippen LogP contribution in [0.3, 0.4) is 0 Å². The summed E-state index contributed by atoms with van der Waals surface area (Å²) in [6, 6.07) is 7.21. The van der Waals surface area contributed by atoms with Crippen molar-refractivity contribution in [2.75, 3.05) is 31.5 Å². The second kappa shape index (κ2) is 7.70. The molecule has 2 aromatic rings. The van der Waals surface area contributed by atoms with Crippen LogP contribution in [0.15, 0.2) is 24.3 Å². The third-order valence-electron chi connectivity index (χ3n) is 4.34. The van der Waals surface area contributed by atoms with E-state index in [0.29, 0.717) is 48.5 Å². The van der Waals surface area contributed by atoms with Crippen LogP contribution in [-0.2, 0) is 4.79 Å². The molecule has 3 rings (SSSR count). The summed E-state index contributed by atoms with van der Waals surface area (Å²) in [6.45, 7) is 5.72. The zero-order valence-corrected chi connectivity index (χ0v) is 15.5. The first kappa shape index (κ1) is 18.1. The summed E-state index contributed by atoms with van der Waals surface area (Å²) in [6.07, 6.45) is 0.812. The molecular weight excluding hydrogens is 354 g/mol. The fourth-order valence-electron chi connectivity index (χ4n) is 2.81. The minimum absolute atomic E-state index is 0.160. The Morgan fingerprint density at radius 2 is 1.92 bits per heavy atom. The Morgan fingerprint density at radius 1 is 1.19 bits per heavy atom. The maximum atomic E-state index is 12.8. The van der Waals surface area contributed by atoms with Gasteiger partial charge in [-0.2, -0.15) is 0 Å². The molecule has 0 saturated carbocycles. The largest absolute Gasteiger partial charge is 0.342 e. The highest BCUT2D eigenvalue weighted by Crippen LogP contribution is 2.25. The Kier molecular flexibility index (Phi) is 5.37. The first-order valence-corrected chi connectivity index (χ1v) is 8.72. The molecule has 0 unspecified atom stereocenters. The lowest BCUT2D eigenvalue weighted by Crippen LogP contribution is -2.48. The molecule has 0 radical (unpaired) electrons. The number of carbonyl (C=O) groups excluding carboxylic acids is 2. The van der Waals surface area contributed by atoms with Gasteiger partial charge in [0.2, 0.25) is 6.41 Å². The predicted molar refractivity (Wildman–Crippen MR) is 99.8 cm³/mol. The number of aromatic nitrogens is 2. The van der Waals surface area contributed by atoms with Gasteiger partial charge in [-0.15, -0.1) is 0 Å². The van der Waals surface area contributed by atoms with Gasteiger partial charge in [0.25, 0.3) is 5.91 Å². The van der Waals surface area contributed by atoms with Crippen molar-refractivity contribution in [3.63, 3.8) is 0 Å². The monoisotopic (exact) mass is 373 g/mol. The van der Waals surface area contributed by atoms with Gasteiger partial charge in [0.05, 0.1) is 0 Å². The molecule has 2 amide bonds. The number of aryl methyl sites for hydroxylation is 1. The topological polar surface area (TPSA) is 78.4 Å². The van der Waals surface area contributed by atoms with Gasteiger partial charge < -0.3 is 15.1 Å². The fraction of sp³-hybridized carbons (Fsp3) is 0.333. The summed E-state index contributed by atoms with van der Waals surface area (Å²) in [5, 5.41) is 3.86. The number of amides is 2. The molecule has 1 fully saturated rings. The van der Waals surface area contributed by atoms with Crippen molar-refractivity contribution in [3.8, 4) is 0 Å². The van der Waals surface area contributed by atoms with Gasteiger partial charge in [-0.25, -0.2) is 9.97 Å². The maximum Gasteiger partial charge on any atom is 0.272 e. The van der Waals surface area contributed by atoms with Gasteiger partial charge >= 0.3 is 0 Å². The molecule has 1 aromatic heterocycles. The van der Waals surface area contributed by atoms with E-state index in [1.807, 2.05) is 25.1 Å². The summed E-state index contributed by atoms with van der Waals surface area (Å²) in [7, 11) is 0. The quantitative estimate of drug-likeness (QED) is 0.832. The smallest absolute Gasteiger partial charge is 0.272 e. The van der Waals surface area contributed by atoms with E-state index in [4.69, 9.17) is 11.6 Å². The molecule has 0 atom stereocenters. The first-order valence-electron chi connectivity index (χ1n) is 8.34. The Bertz CT molecular complexity index is 834. The number of nitrogens with one attached hydrogen (secondary N) is 1. The Morgan fingerprint density at radius 3 is 2.62 bits per heavy atom. The normalized spacial score (nSPS) is 14.3. The lowest BCUT2D eigenvalue weighted by molar-refractivity contribution is -0.119. The molecular formula is C18H20ClN5O2. The molecule has 0 spiro atoms. The third-order valence-corrected chi connectivity index (χ3v) is 4.75. The summed E-state index contributed by atoms with van der Waals surface area (Å²) >= 11 is 6.16. The van der Waals surface area contributed by atoms with E-state index in [1.54, 1.807) is 22.8 Å². The molecule has 7 nitrogen and oxygen atoms in total. The number of nitrogens with zero attached hydrogens (tertiary/aromatic N) is 4. The number of rotatable bonds is 4. The number of piperazine rings is 1. The Balaban J connectivity index is 1.80. The summed E-state index contributed by atoms with van der Waals surface area (Å²) in [4.78, 5) is 35.6. The van der Waals surface area contributed by atoms with Crippen molar-refractivity contribution in [1.82, 2.24) is 19.8 Å². The van der Waals surface area contributed by atoms with E-state index in [0.717, 1.165) is 17.7 Å². The van der Waals surface area contributed by atoms with Crippen molar-refractivity contribution in [3.05, 3.63) is 46.4 Å². The standard InChI is InChI=1S/C18H20ClN5O2/c1-12-14(19)4-3-5-15(12)22-17-10-16(20-13(2)21-17)18(26)24-8-6-23(11-25)7-9-24/h3-5,10-11H,6-9H2,1-2H3,(H,20,21,22). The highest BCUT2D eigenvalue weighted by Gasteiger charge is 2.23. The van der Waals surface area contributed by atoms with E-state index in [-0.39, 0.29) is 5.91 Å². The third kappa shape index (κ3) is 3.94. The predicted octanol–water partition coefficient (Wildman–Crippen LogP) is 2.40. The zero-order chi connectivity index (χ0) is 18.7. The molecule has 26 heavy (non-hydrogen) atoms. The van der Waals surface area contributed by atoms with Crippen LogP contribution in [0.4, 0.5) is 11.5 Å². The molecule has 1 aliphatic rings. The van der Waals surface area contributed by atoms with Gasteiger partial charge in [0.15, 0.2) is 0 Å². The van der Waals surface area contributed by atoms with Crippen LogP contribution in [0.1, 0.15) is 21.9 Å². The molecule has 1 aromatic carbocycles. The summed E-state index contributed by atoms with van der Waals surface area (Å²) in [5.74, 6) is 0.884. The van der Waals surface area contributed by atoms with Gasteiger partial charge in [-0.05, 0) is 31.5 Å². The molecule has 1 N–H and O–H groups in total. The minimum atomic E-state index is -0.160. The highest BCUT2D eigenvalue weighted by atomic mass is 35.5. The van der Waals surface area contributed by atoms with E-state index in [1.165, 1.54) is 0 Å². The maximum absolute atomic E-state index is 12.8. The van der Waals surface area contributed by atoms with Crippen LogP contribution in [0.2, 0.25) is 5.02 Å². The van der Waals surface area contributed by atoms with Crippen molar-refractivity contribution in [2.45, 2.75) is 13.8 Å². The number of halogens is 1. The number of carbonyl (C=O) groups is 2. The van der Waals surface area contributed by atoms with Crippen LogP contribution in [-0.4, -0.2) is 58.3 Å². The van der Waals surface area contributed by atoms with Crippen LogP contribution in [0.25, 0.3) is 0 Å². The van der Waals surface area contributed by atoms with Crippen LogP contribution >= 0.6 is 11.6 Å². The van der Waals surface area contributed by atoms with Crippen molar-refractivity contribution < 1.29 is 9.59 Å². The van der Waals surface area contributed by atoms with Crippen LogP contribution < -0.4 is 5.32 Å². The summed E-state index contributed by atoms with van der Waals surface area (Å²) < 4.78 is 0.